The number of hydrogen-bond acceptors (Lipinski definition) is 5. The number of halogens is 1. The van der Waals surface area contributed by atoms with Gasteiger partial charge in [0.2, 0.25) is 10.0 Å². The lowest BCUT2D eigenvalue weighted by Crippen LogP contribution is -2.48. The maximum Gasteiger partial charge on any atom is 0.255 e. The van der Waals surface area contributed by atoms with Gasteiger partial charge in [0.05, 0.1) is 29.9 Å². The molecular weight excluding hydrogens is 428 g/mol. The molecule has 162 valence electrons. The van der Waals surface area contributed by atoms with Crippen LogP contribution < -0.4 is 10.1 Å². The van der Waals surface area contributed by atoms with Gasteiger partial charge in [-0.3, -0.25) is 4.79 Å². The molecule has 0 aromatic heterocycles. The number of anilines is 1. The second-order valence-corrected chi connectivity index (χ2v) is 9.71. The number of nitrogens with one attached hydrogen (secondary N) is 1. The van der Waals surface area contributed by atoms with E-state index in [2.05, 4.69) is 5.32 Å². The molecule has 0 radical (unpaired) electrons. The maximum atomic E-state index is 13.1. The second kappa shape index (κ2) is 8.93. The number of carbonyl (C=O) groups is 1. The quantitative estimate of drug-likeness (QED) is 0.747. The van der Waals surface area contributed by atoms with Crippen molar-refractivity contribution in [2.45, 2.75) is 37.9 Å². The van der Waals surface area contributed by atoms with Crippen molar-refractivity contribution < 1.29 is 22.7 Å². The van der Waals surface area contributed by atoms with Crippen LogP contribution in [0.2, 0.25) is 5.02 Å². The number of aryl methyl sites for hydroxylation is 1. The molecule has 1 heterocycles. The molecule has 2 aromatic carbocycles. The largest absolute Gasteiger partial charge is 0.495 e. The van der Waals surface area contributed by atoms with Crippen molar-refractivity contribution in [3.05, 3.63) is 52.5 Å². The van der Waals surface area contributed by atoms with Gasteiger partial charge in [0.1, 0.15) is 5.75 Å². The van der Waals surface area contributed by atoms with Gasteiger partial charge in [-0.15, -0.1) is 0 Å². The molecule has 0 spiro atoms. The molecule has 2 atom stereocenters. The lowest BCUT2D eigenvalue weighted by molar-refractivity contribution is -0.0440. The Labute approximate surface area is 182 Å². The third kappa shape index (κ3) is 4.78. The van der Waals surface area contributed by atoms with Crippen LogP contribution in [-0.2, 0) is 14.8 Å². The van der Waals surface area contributed by atoms with E-state index in [0.29, 0.717) is 16.5 Å². The normalized spacial score (nSPS) is 20.0. The number of ether oxygens (including phenoxy) is 2. The minimum atomic E-state index is -3.75. The summed E-state index contributed by atoms with van der Waals surface area (Å²) < 4.78 is 38.5. The summed E-state index contributed by atoms with van der Waals surface area (Å²) in [7, 11) is -2.27. The number of morpholine rings is 1. The van der Waals surface area contributed by atoms with Crippen LogP contribution >= 0.6 is 11.6 Å². The fraction of sp³-hybridized carbons (Fsp3) is 0.381. The van der Waals surface area contributed by atoms with Gasteiger partial charge < -0.3 is 14.8 Å². The van der Waals surface area contributed by atoms with Crippen molar-refractivity contribution in [2.75, 3.05) is 25.5 Å². The van der Waals surface area contributed by atoms with Crippen molar-refractivity contribution in [2.24, 2.45) is 0 Å². The summed E-state index contributed by atoms with van der Waals surface area (Å²) in [5.74, 6) is -0.0326. The molecule has 1 fully saturated rings. The van der Waals surface area contributed by atoms with E-state index in [1.807, 2.05) is 20.8 Å². The van der Waals surface area contributed by atoms with Crippen molar-refractivity contribution in [1.29, 1.82) is 0 Å². The number of benzene rings is 2. The number of amides is 1. The molecule has 1 amide bonds. The fourth-order valence-electron chi connectivity index (χ4n) is 3.40. The topological polar surface area (TPSA) is 84.9 Å². The van der Waals surface area contributed by atoms with Crippen LogP contribution in [0.3, 0.4) is 0 Å². The Balaban J connectivity index is 1.87. The van der Waals surface area contributed by atoms with Crippen LogP contribution in [0.4, 0.5) is 5.69 Å². The van der Waals surface area contributed by atoms with E-state index in [1.165, 1.54) is 23.5 Å². The van der Waals surface area contributed by atoms with Crippen LogP contribution in [0.1, 0.15) is 29.8 Å². The summed E-state index contributed by atoms with van der Waals surface area (Å²) in [4.78, 5) is 12.9. The van der Waals surface area contributed by atoms with E-state index in [4.69, 9.17) is 21.1 Å². The third-order valence-corrected chi connectivity index (χ3v) is 7.08. The molecule has 1 aliphatic heterocycles. The van der Waals surface area contributed by atoms with Crippen LogP contribution in [0.15, 0.2) is 41.3 Å². The number of hydrogen-bond donors (Lipinski definition) is 1. The number of carbonyl (C=O) groups excluding carboxylic acids is 1. The highest BCUT2D eigenvalue weighted by atomic mass is 35.5. The standard InChI is InChI=1S/C21H25ClN2O5S/c1-13-8-19(20(28-4)10-18(13)22)23-21(25)16-6-5-7-17(9-16)30(26,27)24-11-14(2)29-15(3)12-24/h5-10,14-15H,11-12H2,1-4H3,(H,23,25). The van der Waals surface area contributed by atoms with Gasteiger partial charge in [-0.25, -0.2) is 8.42 Å². The first kappa shape index (κ1) is 22.6. The molecule has 2 unspecified atom stereocenters. The average Bonchev–Trinajstić information content (AvgIpc) is 2.69. The summed E-state index contributed by atoms with van der Waals surface area (Å²) in [5, 5.41) is 3.29. The van der Waals surface area contributed by atoms with Gasteiger partial charge in [-0.05, 0) is 50.6 Å². The van der Waals surface area contributed by atoms with E-state index in [0.717, 1.165) is 5.56 Å². The van der Waals surface area contributed by atoms with Gasteiger partial charge >= 0.3 is 0 Å². The zero-order valence-electron chi connectivity index (χ0n) is 17.3. The van der Waals surface area contributed by atoms with Gasteiger partial charge in [-0.1, -0.05) is 17.7 Å². The molecular formula is C21H25ClN2O5S. The first-order chi connectivity index (χ1) is 14.1. The Hall–Kier alpha value is -2.13. The highest BCUT2D eigenvalue weighted by molar-refractivity contribution is 7.89. The summed E-state index contributed by atoms with van der Waals surface area (Å²) in [6, 6.07) is 9.31. The lowest BCUT2D eigenvalue weighted by atomic mass is 10.1. The predicted molar refractivity (Wildman–Crippen MR) is 116 cm³/mol. The van der Waals surface area contributed by atoms with Gasteiger partial charge in [-0.2, -0.15) is 4.31 Å². The zero-order valence-corrected chi connectivity index (χ0v) is 18.9. The van der Waals surface area contributed by atoms with Crippen LogP contribution in [0.25, 0.3) is 0 Å². The average molecular weight is 453 g/mol. The van der Waals surface area contributed by atoms with E-state index < -0.39 is 15.9 Å². The smallest absolute Gasteiger partial charge is 0.255 e. The summed E-state index contributed by atoms with van der Waals surface area (Å²) >= 11 is 6.11. The molecule has 9 heteroatoms. The first-order valence-corrected chi connectivity index (χ1v) is 11.3. The second-order valence-electron chi connectivity index (χ2n) is 7.36. The Morgan fingerprint density at radius 3 is 2.50 bits per heavy atom. The number of nitrogens with zero attached hydrogens (tertiary/aromatic N) is 1. The molecule has 7 nitrogen and oxygen atoms in total. The van der Waals surface area contributed by atoms with Crippen LogP contribution in [0.5, 0.6) is 5.75 Å². The lowest BCUT2D eigenvalue weighted by Gasteiger charge is -2.34. The highest BCUT2D eigenvalue weighted by Crippen LogP contribution is 2.31. The molecule has 0 aliphatic carbocycles. The van der Waals surface area contributed by atoms with Crippen molar-refractivity contribution in [1.82, 2.24) is 4.31 Å². The van der Waals surface area contributed by atoms with Crippen LogP contribution in [-0.4, -0.2) is 51.0 Å². The molecule has 30 heavy (non-hydrogen) atoms. The minimum Gasteiger partial charge on any atom is -0.495 e. The maximum absolute atomic E-state index is 13.1. The monoisotopic (exact) mass is 452 g/mol. The molecule has 1 aliphatic rings. The van der Waals surface area contributed by atoms with E-state index in [-0.39, 0.29) is 35.8 Å². The highest BCUT2D eigenvalue weighted by Gasteiger charge is 2.32. The molecule has 0 bridgehead atoms. The Morgan fingerprint density at radius 2 is 1.87 bits per heavy atom. The molecule has 0 saturated carbocycles. The van der Waals surface area contributed by atoms with Gasteiger partial charge in [0, 0.05) is 29.7 Å². The molecule has 3 rings (SSSR count). The predicted octanol–water partition coefficient (Wildman–Crippen LogP) is 3.71. The van der Waals surface area contributed by atoms with Crippen molar-refractivity contribution >= 4 is 33.2 Å². The third-order valence-electron chi connectivity index (χ3n) is 4.85. The zero-order chi connectivity index (χ0) is 22.1. The summed E-state index contributed by atoms with van der Waals surface area (Å²) in [6.07, 6.45) is -0.397. The van der Waals surface area contributed by atoms with Gasteiger partial charge in [0.15, 0.2) is 0 Å². The Morgan fingerprint density at radius 1 is 1.20 bits per heavy atom. The first-order valence-electron chi connectivity index (χ1n) is 9.53. The Kier molecular flexibility index (Phi) is 6.71. The number of sulfonamides is 1. The van der Waals surface area contributed by atoms with Crippen molar-refractivity contribution in [3.63, 3.8) is 0 Å². The van der Waals surface area contributed by atoms with E-state index in [1.54, 1.807) is 24.3 Å². The molecule has 2 aromatic rings. The van der Waals surface area contributed by atoms with Crippen molar-refractivity contribution in [3.8, 4) is 5.75 Å². The van der Waals surface area contributed by atoms with E-state index in [9.17, 15) is 13.2 Å². The minimum absolute atomic E-state index is 0.0655. The summed E-state index contributed by atoms with van der Waals surface area (Å²) in [5.41, 5.74) is 1.45. The fourth-order valence-corrected chi connectivity index (χ4v) is 5.19. The summed E-state index contributed by atoms with van der Waals surface area (Å²) in [6.45, 7) is 6.02. The SMILES string of the molecule is COc1cc(Cl)c(C)cc1NC(=O)c1cccc(S(=O)(=O)N2CC(C)OC(C)C2)c1. The number of rotatable bonds is 5. The van der Waals surface area contributed by atoms with Gasteiger partial charge in [0.25, 0.3) is 5.91 Å². The number of methoxy groups -OCH3 is 1. The molecule has 1 saturated heterocycles. The Bertz CT molecular complexity index is 1050. The molecule has 1 N–H and O–H groups in total. The van der Waals surface area contributed by atoms with E-state index >= 15 is 0 Å². The van der Waals surface area contributed by atoms with Crippen LogP contribution in [0, 0.1) is 6.92 Å².